The molecule has 1 spiro atoms. The molecular weight excluding hydrogens is 258 g/mol. The average Bonchev–Trinajstić information content (AvgIpc) is 2.96. The second-order valence-electron chi connectivity index (χ2n) is 8.30. The lowest BCUT2D eigenvalue weighted by Gasteiger charge is -2.53. The molecule has 2 N–H and O–H groups in total. The zero-order chi connectivity index (χ0) is 14.9. The second-order valence-corrected chi connectivity index (χ2v) is 8.30. The number of piperidine rings is 1. The molecule has 1 aliphatic heterocycles. The fourth-order valence-corrected chi connectivity index (χ4v) is 5.41. The van der Waals surface area contributed by atoms with Gasteiger partial charge in [0.25, 0.3) is 0 Å². The Morgan fingerprint density at radius 3 is 2.29 bits per heavy atom. The van der Waals surface area contributed by atoms with E-state index in [0.717, 1.165) is 6.54 Å². The Labute approximate surface area is 131 Å². The summed E-state index contributed by atoms with van der Waals surface area (Å²) < 4.78 is 0. The van der Waals surface area contributed by atoms with Gasteiger partial charge in [0, 0.05) is 24.7 Å². The molecule has 1 unspecified atom stereocenters. The molecule has 21 heavy (non-hydrogen) atoms. The summed E-state index contributed by atoms with van der Waals surface area (Å²) >= 11 is 0. The predicted molar refractivity (Wildman–Crippen MR) is 89.4 cm³/mol. The molecule has 3 aliphatic rings. The van der Waals surface area contributed by atoms with Crippen molar-refractivity contribution in [2.45, 2.75) is 75.8 Å². The molecule has 0 radical (unpaired) electrons. The van der Waals surface area contributed by atoms with Crippen molar-refractivity contribution in [2.24, 2.45) is 11.1 Å². The first-order valence-corrected chi connectivity index (χ1v) is 9.21. The van der Waals surface area contributed by atoms with E-state index in [0.29, 0.717) is 11.5 Å². The first-order valence-electron chi connectivity index (χ1n) is 9.21. The van der Waals surface area contributed by atoms with Gasteiger partial charge in [0.2, 0.25) is 0 Å². The lowest BCUT2D eigenvalue weighted by molar-refractivity contribution is -0.0137. The molecule has 3 rings (SSSR count). The van der Waals surface area contributed by atoms with Gasteiger partial charge in [-0.05, 0) is 77.4 Å². The molecule has 2 aliphatic carbocycles. The minimum atomic E-state index is 0.288. The van der Waals surface area contributed by atoms with Crippen molar-refractivity contribution in [1.29, 1.82) is 0 Å². The Morgan fingerprint density at radius 1 is 1.05 bits per heavy atom. The van der Waals surface area contributed by atoms with E-state index in [2.05, 4.69) is 23.9 Å². The van der Waals surface area contributed by atoms with Gasteiger partial charge in [-0.25, -0.2) is 0 Å². The Bertz CT molecular complexity index is 338. The van der Waals surface area contributed by atoms with Gasteiger partial charge in [-0.2, -0.15) is 0 Å². The number of nitrogens with two attached hydrogens (primary N) is 1. The first kappa shape index (κ1) is 15.8. The molecule has 3 heteroatoms. The molecule has 0 aromatic rings. The van der Waals surface area contributed by atoms with Crippen LogP contribution in [0.3, 0.4) is 0 Å². The van der Waals surface area contributed by atoms with Crippen LogP contribution in [-0.2, 0) is 0 Å². The second kappa shape index (κ2) is 6.17. The van der Waals surface area contributed by atoms with Crippen LogP contribution in [0.4, 0.5) is 0 Å². The molecular formula is C18H35N3. The van der Waals surface area contributed by atoms with Crippen molar-refractivity contribution in [3.8, 4) is 0 Å². The highest BCUT2D eigenvalue weighted by Crippen LogP contribution is 2.52. The third-order valence-corrected chi connectivity index (χ3v) is 7.18. The van der Waals surface area contributed by atoms with Gasteiger partial charge in [-0.1, -0.05) is 12.8 Å². The van der Waals surface area contributed by atoms with Crippen molar-refractivity contribution in [3.63, 3.8) is 0 Å². The normalized spacial score (nSPS) is 32.9. The van der Waals surface area contributed by atoms with Gasteiger partial charge in [-0.15, -0.1) is 0 Å². The van der Waals surface area contributed by atoms with Gasteiger partial charge < -0.3 is 10.6 Å². The lowest BCUT2D eigenvalue weighted by atomic mass is 9.65. The monoisotopic (exact) mass is 293 g/mol. The van der Waals surface area contributed by atoms with E-state index >= 15 is 0 Å². The van der Waals surface area contributed by atoms with Crippen LogP contribution in [-0.4, -0.2) is 55.1 Å². The largest absolute Gasteiger partial charge is 0.329 e. The third-order valence-electron chi connectivity index (χ3n) is 7.18. The predicted octanol–water partition coefficient (Wildman–Crippen LogP) is 2.84. The fraction of sp³-hybridized carbons (Fsp3) is 1.00. The number of hydrogen-bond acceptors (Lipinski definition) is 3. The highest BCUT2D eigenvalue weighted by Gasteiger charge is 2.46. The Morgan fingerprint density at radius 2 is 1.71 bits per heavy atom. The number of hydrogen-bond donors (Lipinski definition) is 1. The van der Waals surface area contributed by atoms with E-state index in [4.69, 9.17) is 5.73 Å². The highest BCUT2D eigenvalue weighted by atomic mass is 15.3. The maximum absolute atomic E-state index is 6.31. The highest BCUT2D eigenvalue weighted by molar-refractivity contribution is 5.02. The molecule has 0 amide bonds. The van der Waals surface area contributed by atoms with Gasteiger partial charge in [0.15, 0.2) is 0 Å². The summed E-state index contributed by atoms with van der Waals surface area (Å²) in [4.78, 5) is 5.20. The van der Waals surface area contributed by atoms with Crippen LogP contribution in [0.2, 0.25) is 0 Å². The quantitative estimate of drug-likeness (QED) is 0.868. The maximum Gasteiger partial charge on any atom is 0.0332 e. The zero-order valence-corrected chi connectivity index (χ0v) is 14.2. The Hall–Kier alpha value is -0.120. The number of rotatable bonds is 3. The first-order chi connectivity index (χ1) is 10.1. The van der Waals surface area contributed by atoms with E-state index in [1.165, 1.54) is 77.3 Å². The fourth-order valence-electron chi connectivity index (χ4n) is 5.41. The van der Waals surface area contributed by atoms with Crippen LogP contribution >= 0.6 is 0 Å². The summed E-state index contributed by atoms with van der Waals surface area (Å²) in [7, 11) is 4.63. The van der Waals surface area contributed by atoms with Crippen molar-refractivity contribution < 1.29 is 0 Å². The van der Waals surface area contributed by atoms with E-state index in [9.17, 15) is 0 Å². The van der Waals surface area contributed by atoms with Crippen LogP contribution in [0.1, 0.15) is 64.2 Å². The van der Waals surface area contributed by atoms with Crippen molar-refractivity contribution in [2.75, 3.05) is 33.7 Å². The van der Waals surface area contributed by atoms with Gasteiger partial charge in [0.05, 0.1) is 0 Å². The smallest absolute Gasteiger partial charge is 0.0332 e. The van der Waals surface area contributed by atoms with E-state index in [1.54, 1.807) is 0 Å². The molecule has 0 aromatic heterocycles. The van der Waals surface area contributed by atoms with E-state index in [1.807, 2.05) is 0 Å². The number of likely N-dealkylation sites (tertiary alicyclic amines) is 1. The molecule has 0 aromatic carbocycles. The average molecular weight is 293 g/mol. The summed E-state index contributed by atoms with van der Waals surface area (Å²) in [5, 5.41) is 0. The summed E-state index contributed by atoms with van der Waals surface area (Å²) in [6.07, 6.45) is 14.1. The summed E-state index contributed by atoms with van der Waals surface area (Å²) in [5.41, 5.74) is 7.31. The molecule has 1 atom stereocenters. The Balaban J connectivity index is 1.66. The summed E-state index contributed by atoms with van der Waals surface area (Å²) in [6, 6.07) is 0.713. The molecule has 3 fully saturated rings. The maximum atomic E-state index is 6.31. The topological polar surface area (TPSA) is 32.5 Å². The van der Waals surface area contributed by atoms with Crippen LogP contribution in [0.15, 0.2) is 0 Å². The van der Waals surface area contributed by atoms with Crippen LogP contribution in [0, 0.1) is 5.41 Å². The van der Waals surface area contributed by atoms with Crippen molar-refractivity contribution in [1.82, 2.24) is 9.80 Å². The van der Waals surface area contributed by atoms with E-state index in [-0.39, 0.29) is 5.54 Å². The van der Waals surface area contributed by atoms with Crippen LogP contribution in [0.5, 0.6) is 0 Å². The van der Waals surface area contributed by atoms with Crippen molar-refractivity contribution in [3.05, 3.63) is 0 Å². The molecule has 122 valence electrons. The Kier molecular flexibility index (Phi) is 4.63. The zero-order valence-electron chi connectivity index (χ0n) is 14.2. The minimum absolute atomic E-state index is 0.288. The standard InChI is InChI=1S/C18H35N3/c1-20-13-5-6-16(14-20)21(2)18(15-19)11-9-17(10-12-18)7-3-4-8-17/h16H,3-15,19H2,1-2H3. The minimum Gasteiger partial charge on any atom is -0.329 e. The van der Waals surface area contributed by atoms with Crippen LogP contribution in [0.25, 0.3) is 0 Å². The number of nitrogens with zero attached hydrogens (tertiary/aromatic N) is 2. The summed E-state index contributed by atoms with van der Waals surface area (Å²) in [6.45, 7) is 3.34. The van der Waals surface area contributed by atoms with Gasteiger partial charge in [0.1, 0.15) is 0 Å². The van der Waals surface area contributed by atoms with Crippen molar-refractivity contribution >= 4 is 0 Å². The van der Waals surface area contributed by atoms with E-state index < -0.39 is 0 Å². The van der Waals surface area contributed by atoms with Gasteiger partial charge >= 0.3 is 0 Å². The SMILES string of the molecule is CN1CCCC(N(C)C2(CN)CCC3(CCCC3)CC2)C1. The van der Waals surface area contributed by atoms with Crippen LogP contribution < -0.4 is 5.73 Å². The molecule has 2 saturated carbocycles. The molecule has 3 nitrogen and oxygen atoms in total. The molecule has 0 bridgehead atoms. The van der Waals surface area contributed by atoms with Gasteiger partial charge in [-0.3, -0.25) is 4.90 Å². The third kappa shape index (κ3) is 3.02. The summed E-state index contributed by atoms with van der Waals surface area (Å²) in [5.74, 6) is 0. The number of likely N-dealkylation sites (N-methyl/N-ethyl adjacent to an activating group) is 2. The molecule has 1 heterocycles. The lowest BCUT2D eigenvalue weighted by Crippen LogP contribution is -2.61. The molecule has 1 saturated heterocycles.